The molecule has 15 heavy (non-hydrogen) atoms. The quantitative estimate of drug-likeness (QED) is 0.839. The maximum Gasteiger partial charge on any atom is 0.0837 e. The normalized spacial score (nSPS) is 35.3. The molecule has 0 radical (unpaired) electrons. The van der Waals surface area contributed by atoms with Gasteiger partial charge in [0.05, 0.1) is 13.7 Å². The summed E-state index contributed by atoms with van der Waals surface area (Å²) in [5.41, 5.74) is 1.07. The number of hydrogen-bond donors (Lipinski definition) is 1. The first-order chi connectivity index (χ1) is 7.15. The van der Waals surface area contributed by atoms with Crippen molar-refractivity contribution in [1.29, 1.82) is 0 Å². The number of aliphatic hydroxyl groups excluding tert-OH is 1. The van der Waals surface area contributed by atoms with E-state index < -0.39 is 0 Å². The molecule has 0 aromatic carbocycles. The highest BCUT2D eigenvalue weighted by atomic mass is 79.9. The smallest absolute Gasteiger partial charge is 0.0837 e. The molecule has 0 aliphatic heterocycles. The fourth-order valence-electron chi connectivity index (χ4n) is 2.83. The van der Waals surface area contributed by atoms with Gasteiger partial charge in [-0.2, -0.15) is 0 Å². The first-order valence-electron chi connectivity index (χ1n) is 5.28. The first-order valence-corrected chi connectivity index (χ1v) is 7.68. The van der Waals surface area contributed by atoms with Gasteiger partial charge in [-0.1, -0.05) is 0 Å². The monoisotopic (exact) mass is 350 g/mol. The molecule has 4 heteroatoms. The minimum atomic E-state index is -0.269. The predicted octanol–water partition coefficient (Wildman–Crippen LogP) is 4.35. The molecule has 1 aromatic heterocycles. The average Bonchev–Trinajstić information content (AvgIpc) is 2.65. The third kappa shape index (κ3) is 1.94. The van der Waals surface area contributed by atoms with E-state index in [0.29, 0.717) is 5.92 Å². The van der Waals surface area contributed by atoms with Gasteiger partial charge in [0.25, 0.3) is 0 Å². The van der Waals surface area contributed by atoms with Crippen LogP contribution in [0, 0.1) is 17.8 Å². The van der Waals surface area contributed by atoms with E-state index in [-0.39, 0.29) is 6.10 Å². The van der Waals surface area contributed by atoms with Crippen LogP contribution in [0.15, 0.2) is 13.6 Å². The highest BCUT2D eigenvalue weighted by molar-refractivity contribution is 9.12. The highest BCUT2D eigenvalue weighted by Crippen LogP contribution is 2.57. The van der Waals surface area contributed by atoms with Gasteiger partial charge in [-0.05, 0) is 74.9 Å². The zero-order valence-electron chi connectivity index (χ0n) is 8.12. The van der Waals surface area contributed by atoms with E-state index in [1.807, 2.05) is 6.07 Å². The molecule has 0 spiro atoms. The second kappa shape index (κ2) is 3.83. The Hall–Kier alpha value is 0.620. The van der Waals surface area contributed by atoms with Crippen LogP contribution in [0.1, 0.15) is 30.9 Å². The van der Waals surface area contributed by atoms with Gasteiger partial charge in [-0.15, -0.1) is 11.3 Å². The van der Waals surface area contributed by atoms with Crippen molar-refractivity contribution in [3.8, 4) is 0 Å². The maximum absolute atomic E-state index is 10.3. The zero-order chi connectivity index (χ0) is 10.6. The molecule has 2 aliphatic carbocycles. The summed E-state index contributed by atoms with van der Waals surface area (Å²) in [6, 6.07) is 2.04. The number of rotatable bonds is 2. The second-order valence-electron chi connectivity index (χ2n) is 4.71. The molecule has 2 aliphatic rings. The van der Waals surface area contributed by atoms with E-state index >= 15 is 0 Å². The van der Waals surface area contributed by atoms with Crippen LogP contribution in [-0.4, -0.2) is 5.11 Å². The summed E-state index contributed by atoms with van der Waals surface area (Å²) in [5, 5.41) is 10.3. The lowest BCUT2D eigenvalue weighted by atomic mass is 9.93. The van der Waals surface area contributed by atoms with Crippen LogP contribution < -0.4 is 0 Å². The Morgan fingerprint density at radius 2 is 1.93 bits per heavy atom. The Kier molecular flexibility index (Phi) is 2.74. The molecular formula is C11H12Br2OS. The van der Waals surface area contributed by atoms with E-state index in [4.69, 9.17) is 0 Å². The largest absolute Gasteiger partial charge is 0.388 e. The molecule has 1 aromatic rings. The van der Waals surface area contributed by atoms with Crippen molar-refractivity contribution in [2.45, 2.75) is 25.4 Å². The van der Waals surface area contributed by atoms with Crippen LogP contribution in [0.25, 0.3) is 0 Å². The Morgan fingerprint density at radius 3 is 2.47 bits per heavy atom. The van der Waals surface area contributed by atoms with Gasteiger partial charge in [-0.3, -0.25) is 0 Å². The lowest BCUT2D eigenvalue weighted by Crippen LogP contribution is -2.10. The molecule has 82 valence electrons. The maximum atomic E-state index is 10.3. The van der Waals surface area contributed by atoms with Crippen LogP contribution in [0.5, 0.6) is 0 Å². The Labute approximate surface area is 110 Å². The summed E-state index contributed by atoms with van der Waals surface area (Å²) in [5.74, 6) is 2.36. The number of fused-ring (bicyclic) bond motifs is 1. The van der Waals surface area contributed by atoms with Crippen molar-refractivity contribution in [3.05, 3.63) is 19.2 Å². The number of aliphatic hydroxyl groups is 1. The molecule has 3 atom stereocenters. The van der Waals surface area contributed by atoms with Gasteiger partial charge in [0.1, 0.15) is 0 Å². The first kappa shape index (κ1) is 10.8. The van der Waals surface area contributed by atoms with Crippen LogP contribution in [0.2, 0.25) is 0 Å². The Morgan fingerprint density at radius 1 is 1.27 bits per heavy atom. The molecule has 0 saturated heterocycles. The molecule has 0 amide bonds. The molecule has 1 heterocycles. The van der Waals surface area contributed by atoms with Crippen LogP contribution in [0.4, 0.5) is 0 Å². The summed E-state index contributed by atoms with van der Waals surface area (Å²) in [6.45, 7) is 0. The summed E-state index contributed by atoms with van der Waals surface area (Å²) in [6.07, 6.45) is 3.60. The minimum absolute atomic E-state index is 0.269. The van der Waals surface area contributed by atoms with Crippen molar-refractivity contribution in [3.63, 3.8) is 0 Å². The molecule has 2 fully saturated rings. The summed E-state index contributed by atoms with van der Waals surface area (Å²) < 4.78 is 2.16. The fourth-order valence-corrected chi connectivity index (χ4v) is 5.74. The van der Waals surface area contributed by atoms with Gasteiger partial charge >= 0.3 is 0 Å². The SMILES string of the molecule is OC(c1cc(Br)sc1Br)C1CC2CC2C1. The van der Waals surface area contributed by atoms with Crippen molar-refractivity contribution in [2.24, 2.45) is 17.8 Å². The van der Waals surface area contributed by atoms with Gasteiger partial charge in [-0.25, -0.2) is 0 Å². The molecule has 0 bridgehead atoms. The highest BCUT2D eigenvalue weighted by Gasteiger charge is 2.48. The topological polar surface area (TPSA) is 20.2 Å². The van der Waals surface area contributed by atoms with Crippen molar-refractivity contribution in [1.82, 2.24) is 0 Å². The van der Waals surface area contributed by atoms with E-state index in [9.17, 15) is 5.11 Å². The van der Waals surface area contributed by atoms with Gasteiger partial charge in [0.2, 0.25) is 0 Å². The third-order valence-electron chi connectivity index (χ3n) is 3.73. The Bertz CT molecular complexity index is 380. The third-order valence-corrected chi connectivity index (χ3v) is 6.11. The van der Waals surface area contributed by atoms with E-state index in [2.05, 4.69) is 31.9 Å². The molecular weight excluding hydrogens is 340 g/mol. The minimum Gasteiger partial charge on any atom is -0.388 e. The Balaban J connectivity index is 1.78. The van der Waals surface area contributed by atoms with Crippen LogP contribution in [0.3, 0.4) is 0 Å². The van der Waals surface area contributed by atoms with Crippen LogP contribution >= 0.6 is 43.2 Å². The molecule has 1 N–H and O–H groups in total. The van der Waals surface area contributed by atoms with E-state index in [1.54, 1.807) is 11.3 Å². The molecule has 2 saturated carbocycles. The van der Waals surface area contributed by atoms with Gasteiger partial charge in [0, 0.05) is 5.56 Å². The molecule has 1 nitrogen and oxygen atoms in total. The van der Waals surface area contributed by atoms with E-state index in [0.717, 1.165) is 25.0 Å². The fraction of sp³-hybridized carbons (Fsp3) is 0.636. The number of halogens is 2. The zero-order valence-corrected chi connectivity index (χ0v) is 12.1. The van der Waals surface area contributed by atoms with Gasteiger partial charge < -0.3 is 5.11 Å². The van der Waals surface area contributed by atoms with Crippen molar-refractivity contribution >= 4 is 43.2 Å². The van der Waals surface area contributed by atoms with Crippen molar-refractivity contribution < 1.29 is 5.11 Å². The summed E-state index contributed by atoms with van der Waals surface area (Å²) >= 11 is 8.62. The molecule has 3 rings (SSSR count). The molecule has 3 unspecified atom stereocenters. The number of thiophene rings is 1. The predicted molar refractivity (Wildman–Crippen MR) is 69.0 cm³/mol. The summed E-state index contributed by atoms with van der Waals surface area (Å²) in [4.78, 5) is 0. The lowest BCUT2D eigenvalue weighted by molar-refractivity contribution is 0.104. The van der Waals surface area contributed by atoms with Crippen LogP contribution in [-0.2, 0) is 0 Å². The second-order valence-corrected chi connectivity index (χ2v) is 8.46. The standard InChI is InChI=1S/C11H12Br2OS/c12-9-4-8(11(13)15-9)10(14)7-2-5-1-6(5)3-7/h4-7,10,14H,1-3H2. The van der Waals surface area contributed by atoms with Crippen molar-refractivity contribution in [2.75, 3.05) is 0 Å². The summed E-state index contributed by atoms with van der Waals surface area (Å²) in [7, 11) is 0. The number of hydrogen-bond acceptors (Lipinski definition) is 2. The lowest BCUT2D eigenvalue weighted by Gasteiger charge is -2.18. The average molecular weight is 352 g/mol. The van der Waals surface area contributed by atoms with E-state index in [1.165, 1.54) is 19.3 Å². The van der Waals surface area contributed by atoms with Gasteiger partial charge in [0.15, 0.2) is 0 Å².